The van der Waals surface area contributed by atoms with E-state index in [2.05, 4.69) is 24.1 Å². The van der Waals surface area contributed by atoms with Gasteiger partial charge in [0.05, 0.1) is 12.1 Å². The van der Waals surface area contributed by atoms with Crippen LogP contribution < -0.4 is 5.32 Å². The zero-order valence-corrected chi connectivity index (χ0v) is 19.8. The molecule has 0 aromatic carbocycles. The number of hydrogen-bond acceptors (Lipinski definition) is 4. The van der Waals surface area contributed by atoms with E-state index in [1.54, 1.807) is 18.0 Å². The summed E-state index contributed by atoms with van der Waals surface area (Å²) in [5.41, 5.74) is 0.207. The number of amides is 2. The molecule has 7 heteroatoms. The monoisotopic (exact) mass is 423 g/mol. The molecule has 4 atom stereocenters. The topological polar surface area (TPSA) is 90.0 Å². The molecule has 0 aliphatic carbocycles. The number of likely N-dealkylation sites (tertiary alicyclic amines) is 1. The summed E-state index contributed by atoms with van der Waals surface area (Å²) < 4.78 is 0. The van der Waals surface area contributed by atoms with Crippen LogP contribution in [0, 0.1) is 5.92 Å². The molecule has 2 N–H and O–H groups in total. The number of hydrogen-bond donors (Lipinski definition) is 2. The Labute approximate surface area is 181 Å². The molecule has 172 valence electrons. The molecule has 0 bridgehead atoms. The van der Waals surface area contributed by atoms with Crippen molar-refractivity contribution in [1.82, 2.24) is 15.1 Å². The first-order chi connectivity index (χ1) is 14.0. The number of carbonyl (C=O) groups is 3. The number of carboxylic acids is 1. The van der Waals surface area contributed by atoms with Crippen LogP contribution in [0.1, 0.15) is 73.6 Å². The summed E-state index contributed by atoms with van der Waals surface area (Å²) in [5.74, 6) is -1.34. The van der Waals surface area contributed by atoms with Gasteiger partial charge in [0.15, 0.2) is 0 Å². The maximum absolute atomic E-state index is 13.2. The summed E-state index contributed by atoms with van der Waals surface area (Å²) in [4.78, 5) is 41.4. The second-order valence-electron chi connectivity index (χ2n) is 8.82. The minimum atomic E-state index is -0.995. The van der Waals surface area contributed by atoms with Crippen molar-refractivity contribution in [2.75, 3.05) is 13.6 Å². The van der Waals surface area contributed by atoms with Crippen LogP contribution in [0.2, 0.25) is 0 Å². The van der Waals surface area contributed by atoms with E-state index in [-0.39, 0.29) is 35.4 Å². The predicted octanol–water partition coefficient (Wildman–Crippen LogP) is 3.05. The average Bonchev–Trinajstić information content (AvgIpc) is 2.73. The van der Waals surface area contributed by atoms with Crippen LogP contribution >= 0.6 is 0 Å². The highest BCUT2D eigenvalue weighted by atomic mass is 16.4. The molecule has 0 spiro atoms. The molecule has 1 heterocycles. The minimum Gasteiger partial charge on any atom is -0.478 e. The number of nitrogens with one attached hydrogen (secondary N) is 1. The molecule has 0 aromatic rings. The molecule has 4 unspecified atom stereocenters. The molecule has 1 rings (SSSR count). The van der Waals surface area contributed by atoms with Crippen LogP contribution in [0.5, 0.6) is 0 Å². The van der Waals surface area contributed by atoms with Gasteiger partial charge < -0.3 is 15.3 Å². The molecule has 30 heavy (non-hydrogen) atoms. The summed E-state index contributed by atoms with van der Waals surface area (Å²) in [7, 11) is 1.68. The third kappa shape index (κ3) is 6.83. The fourth-order valence-corrected chi connectivity index (χ4v) is 4.01. The highest BCUT2D eigenvalue weighted by Gasteiger charge is 2.35. The third-order valence-electron chi connectivity index (χ3n) is 6.28. The number of likely N-dealkylation sites (N-methyl/N-ethyl adjacent to an activating group) is 1. The standard InChI is InChI=1S/C23H41N3O4/c1-8-17(6)26-13-11-10-12-19(26)21(27)24-20(15(3)4)22(28)25(7)18(9-2)14-16(5)23(29)30/h14-15,17-20H,8-13H2,1-7H3,(H,24,27)(H,29,30)/b16-14+. The van der Waals surface area contributed by atoms with E-state index in [0.29, 0.717) is 12.5 Å². The Morgan fingerprint density at radius 3 is 2.30 bits per heavy atom. The van der Waals surface area contributed by atoms with Gasteiger partial charge in [0.25, 0.3) is 0 Å². The van der Waals surface area contributed by atoms with Crippen LogP contribution in [0.15, 0.2) is 11.6 Å². The molecule has 2 amide bonds. The van der Waals surface area contributed by atoms with E-state index >= 15 is 0 Å². The van der Waals surface area contributed by atoms with Crippen molar-refractivity contribution in [2.24, 2.45) is 5.92 Å². The second kappa shape index (κ2) is 12.1. The third-order valence-corrected chi connectivity index (χ3v) is 6.28. The zero-order chi connectivity index (χ0) is 23.0. The first-order valence-electron chi connectivity index (χ1n) is 11.3. The lowest BCUT2D eigenvalue weighted by atomic mass is 9.96. The Hall–Kier alpha value is -1.89. The number of rotatable bonds is 10. The van der Waals surface area contributed by atoms with Gasteiger partial charge in [-0.25, -0.2) is 4.79 Å². The van der Waals surface area contributed by atoms with Gasteiger partial charge >= 0.3 is 5.97 Å². The smallest absolute Gasteiger partial charge is 0.331 e. The number of nitrogens with zero attached hydrogens (tertiary/aromatic N) is 2. The van der Waals surface area contributed by atoms with Gasteiger partial charge in [-0.2, -0.15) is 0 Å². The number of aliphatic carboxylic acids is 1. The van der Waals surface area contributed by atoms with Crippen LogP contribution in [0.3, 0.4) is 0 Å². The van der Waals surface area contributed by atoms with Crippen molar-refractivity contribution >= 4 is 17.8 Å². The lowest BCUT2D eigenvalue weighted by molar-refractivity contribution is -0.140. The second-order valence-corrected chi connectivity index (χ2v) is 8.82. The van der Waals surface area contributed by atoms with Crippen molar-refractivity contribution < 1.29 is 19.5 Å². The SMILES string of the molecule is CCC(/C=C(\C)C(=O)O)N(C)C(=O)C(NC(=O)C1CCCCN1C(C)CC)C(C)C. The molecule has 1 aliphatic heterocycles. The Morgan fingerprint density at radius 1 is 1.17 bits per heavy atom. The van der Waals surface area contributed by atoms with Gasteiger partial charge in [0.1, 0.15) is 6.04 Å². The molecule has 1 saturated heterocycles. The number of carboxylic acid groups (broad SMARTS) is 1. The van der Waals surface area contributed by atoms with Gasteiger partial charge in [-0.3, -0.25) is 14.5 Å². The molecule has 1 aliphatic rings. The molecule has 0 saturated carbocycles. The molecule has 0 radical (unpaired) electrons. The molecule has 7 nitrogen and oxygen atoms in total. The van der Waals surface area contributed by atoms with Crippen LogP contribution in [0.4, 0.5) is 0 Å². The summed E-state index contributed by atoms with van der Waals surface area (Å²) in [5, 5.41) is 12.2. The van der Waals surface area contributed by atoms with Crippen molar-refractivity contribution in [1.29, 1.82) is 0 Å². The van der Waals surface area contributed by atoms with E-state index < -0.39 is 12.0 Å². The largest absolute Gasteiger partial charge is 0.478 e. The predicted molar refractivity (Wildman–Crippen MR) is 119 cm³/mol. The van der Waals surface area contributed by atoms with E-state index in [1.807, 2.05) is 20.8 Å². The molecule has 0 aromatic heterocycles. The van der Waals surface area contributed by atoms with Gasteiger partial charge in [-0.15, -0.1) is 0 Å². The highest BCUT2D eigenvalue weighted by Crippen LogP contribution is 2.22. The summed E-state index contributed by atoms with van der Waals surface area (Å²) in [6, 6.07) is -0.858. The van der Waals surface area contributed by atoms with Gasteiger partial charge in [-0.05, 0) is 52.0 Å². The van der Waals surface area contributed by atoms with E-state index in [4.69, 9.17) is 5.11 Å². The summed E-state index contributed by atoms with van der Waals surface area (Å²) in [6.45, 7) is 12.5. The molecular formula is C23H41N3O4. The Kier molecular flexibility index (Phi) is 10.5. The van der Waals surface area contributed by atoms with Crippen molar-refractivity contribution in [3.8, 4) is 0 Å². The number of piperidine rings is 1. The highest BCUT2D eigenvalue weighted by molar-refractivity contribution is 5.90. The maximum Gasteiger partial charge on any atom is 0.331 e. The fraction of sp³-hybridized carbons (Fsp3) is 0.783. The normalized spacial score (nSPS) is 21.1. The Balaban J connectivity index is 2.99. The summed E-state index contributed by atoms with van der Waals surface area (Å²) in [6.07, 6.45) is 6.09. The van der Waals surface area contributed by atoms with E-state index in [9.17, 15) is 14.4 Å². The van der Waals surface area contributed by atoms with Crippen LogP contribution in [0.25, 0.3) is 0 Å². The molecular weight excluding hydrogens is 382 g/mol. The van der Waals surface area contributed by atoms with Gasteiger partial charge in [0.2, 0.25) is 11.8 Å². The summed E-state index contributed by atoms with van der Waals surface area (Å²) >= 11 is 0. The van der Waals surface area contributed by atoms with Crippen molar-refractivity contribution in [2.45, 2.75) is 97.8 Å². The lowest BCUT2D eigenvalue weighted by Crippen LogP contribution is -2.58. The average molecular weight is 424 g/mol. The maximum atomic E-state index is 13.2. The van der Waals surface area contributed by atoms with Crippen molar-refractivity contribution in [3.05, 3.63) is 11.6 Å². The van der Waals surface area contributed by atoms with E-state index in [0.717, 1.165) is 32.2 Å². The quantitative estimate of drug-likeness (QED) is 0.527. The first kappa shape index (κ1) is 26.1. The van der Waals surface area contributed by atoms with Crippen LogP contribution in [-0.4, -0.2) is 70.4 Å². The van der Waals surface area contributed by atoms with Crippen molar-refractivity contribution in [3.63, 3.8) is 0 Å². The van der Waals surface area contributed by atoms with Gasteiger partial charge in [-0.1, -0.05) is 40.2 Å². The molecule has 1 fully saturated rings. The van der Waals surface area contributed by atoms with Gasteiger partial charge in [0, 0.05) is 18.7 Å². The zero-order valence-electron chi connectivity index (χ0n) is 19.8. The number of carbonyl (C=O) groups excluding carboxylic acids is 2. The Morgan fingerprint density at radius 2 is 1.80 bits per heavy atom. The Bertz CT molecular complexity index is 632. The first-order valence-corrected chi connectivity index (χ1v) is 11.3. The van der Waals surface area contributed by atoms with E-state index in [1.165, 1.54) is 6.92 Å². The fourth-order valence-electron chi connectivity index (χ4n) is 4.01. The minimum absolute atomic E-state index is 0.0772. The lowest BCUT2D eigenvalue weighted by Gasteiger charge is -2.40. The van der Waals surface area contributed by atoms with Crippen LogP contribution in [-0.2, 0) is 14.4 Å².